The van der Waals surface area contributed by atoms with Gasteiger partial charge in [0.1, 0.15) is 18.4 Å². The molecule has 1 saturated heterocycles. The zero-order valence-electron chi connectivity index (χ0n) is 13.3. The molecule has 1 aliphatic heterocycles. The molecule has 0 aliphatic carbocycles. The number of anilines is 1. The highest BCUT2D eigenvalue weighted by molar-refractivity contribution is 5.89. The predicted octanol–water partition coefficient (Wildman–Crippen LogP) is 1.32. The molecule has 0 bridgehead atoms. The highest BCUT2D eigenvalue weighted by Crippen LogP contribution is 2.18. The number of amides is 1. The van der Waals surface area contributed by atoms with Crippen LogP contribution in [0.5, 0.6) is 0 Å². The summed E-state index contributed by atoms with van der Waals surface area (Å²) in [5.74, 6) is 1.70. The summed E-state index contributed by atoms with van der Waals surface area (Å²) in [5, 5.41) is 10.7. The van der Waals surface area contributed by atoms with Gasteiger partial charge < -0.3 is 14.7 Å². The molecule has 1 fully saturated rings. The zero-order valence-corrected chi connectivity index (χ0v) is 13.3. The van der Waals surface area contributed by atoms with Gasteiger partial charge in [-0.15, -0.1) is 0 Å². The molecule has 8 nitrogen and oxygen atoms in total. The second kappa shape index (κ2) is 7.36. The minimum Gasteiger partial charge on any atom is -0.360 e. The lowest BCUT2D eigenvalue weighted by Gasteiger charge is -2.32. The summed E-state index contributed by atoms with van der Waals surface area (Å²) >= 11 is 0. The third-order valence-electron chi connectivity index (χ3n) is 4.07. The molecule has 0 radical (unpaired) electrons. The molecule has 2 aromatic heterocycles. The highest BCUT2D eigenvalue weighted by Gasteiger charge is 2.21. The van der Waals surface area contributed by atoms with Crippen LogP contribution in [0.15, 0.2) is 23.2 Å². The van der Waals surface area contributed by atoms with E-state index in [1.165, 1.54) is 6.42 Å². The summed E-state index contributed by atoms with van der Waals surface area (Å²) in [7, 11) is 0. The number of aryl methyl sites for hydroxylation is 1. The molecule has 0 aromatic carbocycles. The van der Waals surface area contributed by atoms with Gasteiger partial charge in [-0.1, -0.05) is 5.16 Å². The van der Waals surface area contributed by atoms with E-state index >= 15 is 0 Å². The SMILES string of the molecule is Cc1cc(NC(=O)CCN2CCCC(Cn3cncn3)C2)no1. The maximum Gasteiger partial charge on any atom is 0.226 e. The average Bonchev–Trinajstić information content (AvgIpc) is 3.18. The second-order valence-corrected chi connectivity index (χ2v) is 6.05. The summed E-state index contributed by atoms with van der Waals surface area (Å²) in [6.07, 6.45) is 6.13. The summed E-state index contributed by atoms with van der Waals surface area (Å²) in [6.45, 7) is 5.49. The van der Waals surface area contributed by atoms with Gasteiger partial charge in [0.2, 0.25) is 5.91 Å². The summed E-state index contributed by atoms with van der Waals surface area (Å²) in [4.78, 5) is 18.3. The van der Waals surface area contributed by atoms with E-state index in [9.17, 15) is 4.79 Å². The van der Waals surface area contributed by atoms with Crippen LogP contribution in [0.1, 0.15) is 25.0 Å². The van der Waals surface area contributed by atoms with Crippen LogP contribution in [-0.2, 0) is 11.3 Å². The molecule has 0 saturated carbocycles. The first-order valence-electron chi connectivity index (χ1n) is 7.97. The van der Waals surface area contributed by atoms with Crippen molar-refractivity contribution in [1.29, 1.82) is 0 Å². The number of rotatable bonds is 6. The zero-order chi connectivity index (χ0) is 16.1. The van der Waals surface area contributed by atoms with Crippen LogP contribution in [-0.4, -0.2) is 50.4 Å². The lowest BCUT2D eigenvalue weighted by molar-refractivity contribution is -0.116. The molecule has 1 unspecified atom stereocenters. The van der Waals surface area contributed by atoms with Crippen molar-refractivity contribution in [2.45, 2.75) is 32.7 Å². The molecule has 3 rings (SSSR count). The van der Waals surface area contributed by atoms with Crippen LogP contribution < -0.4 is 5.32 Å². The van der Waals surface area contributed by atoms with Crippen LogP contribution in [0.25, 0.3) is 0 Å². The van der Waals surface area contributed by atoms with Crippen molar-refractivity contribution in [2.75, 3.05) is 25.0 Å². The maximum absolute atomic E-state index is 12.0. The highest BCUT2D eigenvalue weighted by atomic mass is 16.5. The van der Waals surface area contributed by atoms with E-state index in [0.29, 0.717) is 23.9 Å². The first kappa shape index (κ1) is 15.7. The molecule has 8 heteroatoms. The number of carbonyl (C=O) groups excluding carboxylic acids is 1. The van der Waals surface area contributed by atoms with Crippen LogP contribution in [0, 0.1) is 12.8 Å². The lowest BCUT2D eigenvalue weighted by atomic mass is 9.98. The monoisotopic (exact) mass is 318 g/mol. The topological polar surface area (TPSA) is 89.1 Å². The van der Waals surface area contributed by atoms with Crippen molar-refractivity contribution in [3.8, 4) is 0 Å². The standard InChI is InChI=1S/C15H22N6O2/c1-12-7-14(19-23-12)18-15(22)4-6-20-5-2-3-13(8-20)9-21-11-16-10-17-21/h7,10-11,13H,2-6,8-9H2,1H3,(H,18,19,22). The lowest BCUT2D eigenvalue weighted by Crippen LogP contribution is -2.38. The van der Waals surface area contributed by atoms with Gasteiger partial charge in [0.15, 0.2) is 5.82 Å². The van der Waals surface area contributed by atoms with Gasteiger partial charge >= 0.3 is 0 Å². The number of nitrogens with zero attached hydrogens (tertiary/aromatic N) is 5. The number of aromatic nitrogens is 4. The maximum atomic E-state index is 12.0. The van der Waals surface area contributed by atoms with Crippen molar-refractivity contribution in [2.24, 2.45) is 5.92 Å². The van der Waals surface area contributed by atoms with Crippen LogP contribution in [0.2, 0.25) is 0 Å². The summed E-state index contributed by atoms with van der Waals surface area (Å²) < 4.78 is 6.82. The predicted molar refractivity (Wildman–Crippen MR) is 83.7 cm³/mol. The Labute approximate surface area is 134 Å². The molecule has 1 aliphatic rings. The smallest absolute Gasteiger partial charge is 0.226 e. The van der Waals surface area contributed by atoms with E-state index in [1.807, 2.05) is 4.68 Å². The quantitative estimate of drug-likeness (QED) is 0.864. The number of nitrogens with one attached hydrogen (secondary N) is 1. The van der Waals surface area contributed by atoms with Gasteiger partial charge in [-0.2, -0.15) is 5.10 Å². The van der Waals surface area contributed by atoms with E-state index in [4.69, 9.17) is 4.52 Å². The summed E-state index contributed by atoms with van der Waals surface area (Å²) in [5.41, 5.74) is 0. The Balaban J connectivity index is 1.41. The Bertz CT molecular complexity index is 624. The molecular formula is C15H22N6O2. The van der Waals surface area contributed by atoms with Crippen molar-refractivity contribution < 1.29 is 9.32 Å². The Morgan fingerprint density at radius 3 is 3.17 bits per heavy atom. The number of likely N-dealkylation sites (tertiary alicyclic amines) is 1. The van der Waals surface area contributed by atoms with E-state index in [0.717, 1.165) is 32.6 Å². The molecule has 1 atom stereocenters. The fourth-order valence-corrected chi connectivity index (χ4v) is 2.99. The first-order chi connectivity index (χ1) is 11.2. The summed E-state index contributed by atoms with van der Waals surface area (Å²) in [6, 6.07) is 1.72. The molecule has 23 heavy (non-hydrogen) atoms. The molecular weight excluding hydrogens is 296 g/mol. The van der Waals surface area contributed by atoms with Gasteiger partial charge in [-0.25, -0.2) is 4.98 Å². The molecule has 1 N–H and O–H groups in total. The van der Waals surface area contributed by atoms with Gasteiger partial charge in [0.25, 0.3) is 0 Å². The van der Waals surface area contributed by atoms with E-state index in [1.54, 1.807) is 25.6 Å². The minimum atomic E-state index is -0.0308. The number of carbonyl (C=O) groups is 1. The van der Waals surface area contributed by atoms with Gasteiger partial charge in [0.05, 0.1) is 0 Å². The first-order valence-corrected chi connectivity index (χ1v) is 7.97. The Morgan fingerprint density at radius 2 is 2.43 bits per heavy atom. The van der Waals surface area contributed by atoms with Crippen LogP contribution in [0.3, 0.4) is 0 Å². The fourth-order valence-electron chi connectivity index (χ4n) is 2.99. The number of hydrogen-bond donors (Lipinski definition) is 1. The Morgan fingerprint density at radius 1 is 1.52 bits per heavy atom. The second-order valence-electron chi connectivity index (χ2n) is 6.05. The van der Waals surface area contributed by atoms with Crippen molar-refractivity contribution in [3.63, 3.8) is 0 Å². The largest absolute Gasteiger partial charge is 0.360 e. The van der Waals surface area contributed by atoms with Gasteiger partial charge in [-0.05, 0) is 32.2 Å². The van der Waals surface area contributed by atoms with E-state index in [2.05, 4.69) is 25.5 Å². The number of piperidine rings is 1. The minimum absolute atomic E-state index is 0.0308. The third-order valence-corrected chi connectivity index (χ3v) is 4.07. The van der Waals surface area contributed by atoms with Crippen LogP contribution >= 0.6 is 0 Å². The third kappa shape index (κ3) is 4.62. The van der Waals surface area contributed by atoms with Crippen LogP contribution in [0.4, 0.5) is 5.82 Å². The van der Waals surface area contributed by atoms with Crippen molar-refractivity contribution in [1.82, 2.24) is 24.8 Å². The average molecular weight is 318 g/mol. The number of hydrogen-bond acceptors (Lipinski definition) is 6. The van der Waals surface area contributed by atoms with E-state index < -0.39 is 0 Å². The molecule has 0 spiro atoms. The molecule has 2 aromatic rings. The Kier molecular flexibility index (Phi) is 5.02. The molecule has 1 amide bonds. The fraction of sp³-hybridized carbons (Fsp3) is 0.600. The normalized spacial score (nSPS) is 18.9. The Hall–Kier alpha value is -2.22. The van der Waals surface area contributed by atoms with E-state index in [-0.39, 0.29) is 5.91 Å². The van der Waals surface area contributed by atoms with Crippen molar-refractivity contribution in [3.05, 3.63) is 24.5 Å². The molecule has 3 heterocycles. The van der Waals surface area contributed by atoms with Gasteiger partial charge in [0, 0.05) is 32.1 Å². The van der Waals surface area contributed by atoms with Crippen molar-refractivity contribution >= 4 is 11.7 Å². The van der Waals surface area contributed by atoms with Gasteiger partial charge in [-0.3, -0.25) is 9.48 Å². The molecule has 124 valence electrons.